The van der Waals surface area contributed by atoms with E-state index in [1.54, 1.807) is 13.8 Å². The van der Waals surface area contributed by atoms with Crippen LogP contribution in [0.5, 0.6) is 5.75 Å². The second-order valence-corrected chi connectivity index (χ2v) is 3.98. The number of aliphatic hydroxyl groups excluding tert-OH is 1. The monoisotopic (exact) mass is 241 g/mol. The molecule has 1 rings (SSSR count). The van der Waals surface area contributed by atoms with Crippen molar-refractivity contribution in [3.8, 4) is 5.75 Å². The third kappa shape index (κ3) is 3.17. The number of hydrogen-bond acceptors (Lipinski definition) is 3. The summed E-state index contributed by atoms with van der Waals surface area (Å²) < 4.78 is 12.8. The van der Waals surface area contributed by atoms with E-state index in [0.717, 1.165) is 12.1 Å². The largest absolute Gasteiger partial charge is 0.507 e. The number of halogens is 1. The first-order valence-corrected chi connectivity index (χ1v) is 5.37. The Balaban J connectivity index is 3.01. The van der Waals surface area contributed by atoms with E-state index < -0.39 is 17.5 Å². The van der Waals surface area contributed by atoms with Crippen molar-refractivity contribution in [3.63, 3.8) is 0 Å². The van der Waals surface area contributed by atoms with Gasteiger partial charge >= 0.3 is 0 Å². The fourth-order valence-corrected chi connectivity index (χ4v) is 1.54. The van der Waals surface area contributed by atoms with Crippen molar-refractivity contribution in [2.75, 3.05) is 13.2 Å². The van der Waals surface area contributed by atoms with Gasteiger partial charge in [0.1, 0.15) is 11.6 Å². The molecule has 0 aliphatic heterocycles. The highest BCUT2D eigenvalue weighted by Crippen LogP contribution is 2.20. The highest BCUT2D eigenvalue weighted by Gasteiger charge is 2.21. The van der Waals surface area contributed by atoms with Crippen LogP contribution < -0.4 is 0 Å². The standard InChI is InChI=1S/C12H16FNO3/c1-8(2)14(5-6-15)12(17)10-4-3-9(13)7-11(10)16/h3-4,7-8,15-16H,5-6H2,1-2H3. The van der Waals surface area contributed by atoms with Gasteiger partial charge < -0.3 is 15.1 Å². The van der Waals surface area contributed by atoms with Crippen molar-refractivity contribution in [2.24, 2.45) is 0 Å². The number of rotatable bonds is 4. The van der Waals surface area contributed by atoms with Crippen LogP contribution in [0, 0.1) is 5.82 Å². The van der Waals surface area contributed by atoms with Crippen LogP contribution in [0.4, 0.5) is 4.39 Å². The van der Waals surface area contributed by atoms with Crippen molar-refractivity contribution in [3.05, 3.63) is 29.6 Å². The van der Waals surface area contributed by atoms with Crippen LogP contribution in [0.15, 0.2) is 18.2 Å². The maximum Gasteiger partial charge on any atom is 0.257 e. The molecule has 1 aromatic carbocycles. The molecule has 0 aliphatic carbocycles. The van der Waals surface area contributed by atoms with Gasteiger partial charge in [0.2, 0.25) is 0 Å². The zero-order valence-corrected chi connectivity index (χ0v) is 9.85. The van der Waals surface area contributed by atoms with Gasteiger partial charge in [0.05, 0.1) is 12.2 Å². The molecule has 0 saturated heterocycles. The van der Waals surface area contributed by atoms with Gasteiger partial charge in [0, 0.05) is 18.7 Å². The summed E-state index contributed by atoms with van der Waals surface area (Å²) in [5, 5.41) is 18.4. The Labute approximate surface area is 99.3 Å². The van der Waals surface area contributed by atoms with E-state index in [9.17, 15) is 14.3 Å². The molecule has 0 fully saturated rings. The number of phenolic OH excluding ortho intramolecular Hbond substituents is 1. The summed E-state index contributed by atoms with van der Waals surface area (Å²) in [6.07, 6.45) is 0. The molecule has 0 aliphatic rings. The molecule has 1 amide bonds. The van der Waals surface area contributed by atoms with E-state index in [0.29, 0.717) is 0 Å². The zero-order valence-electron chi connectivity index (χ0n) is 9.85. The second-order valence-electron chi connectivity index (χ2n) is 3.98. The van der Waals surface area contributed by atoms with Crippen LogP contribution in [0.3, 0.4) is 0 Å². The third-order valence-corrected chi connectivity index (χ3v) is 2.42. The number of carbonyl (C=O) groups is 1. The van der Waals surface area contributed by atoms with Crippen LogP contribution in [-0.2, 0) is 0 Å². The first-order valence-electron chi connectivity index (χ1n) is 5.37. The van der Waals surface area contributed by atoms with E-state index in [2.05, 4.69) is 0 Å². The Kier molecular flexibility index (Phi) is 4.45. The fourth-order valence-electron chi connectivity index (χ4n) is 1.54. The molecule has 0 spiro atoms. The third-order valence-electron chi connectivity index (χ3n) is 2.42. The predicted octanol–water partition coefficient (Wildman–Crippen LogP) is 1.37. The van der Waals surface area contributed by atoms with Crippen LogP contribution in [0.25, 0.3) is 0 Å². The lowest BCUT2D eigenvalue weighted by Crippen LogP contribution is -2.39. The summed E-state index contributed by atoms with van der Waals surface area (Å²) in [6, 6.07) is 3.13. The molecule has 0 aromatic heterocycles. The van der Waals surface area contributed by atoms with Crippen LogP contribution in [0.2, 0.25) is 0 Å². The molecule has 0 bridgehead atoms. The Morgan fingerprint density at radius 3 is 2.59 bits per heavy atom. The molecule has 0 saturated carbocycles. The normalized spacial score (nSPS) is 10.6. The molecule has 0 atom stereocenters. The van der Waals surface area contributed by atoms with Crippen LogP contribution >= 0.6 is 0 Å². The van der Waals surface area contributed by atoms with Crippen molar-refractivity contribution in [1.29, 1.82) is 0 Å². The first kappa shape index (κ1) is 13.4. The average molecular weight is 241 g/mol. The highest BCUT2D eigenvalue weighted by atomic mass is 19.1. The van der Waals surface area contributed by atoms with Gasteiger partial charge in [-0.1, -0.05) is 0 Å². The molecule has 0 radical (unpaired) electrons. The SMILES string of the molecule is CC(C)N(CCO)C(=O)c1ccc(F)cc1O. The number of hydrogen-bond donors (Lipinski definition) is 2. The number of carbonyl (C=O) groups excluding carboxylic acids is 1. The van der Waals surface area contributed by atoms with E-state index in [4.69, 9.17) is 5.11 Å². The number of phenols is 1. The molecule has 17 heavy (non-hydrogen) atoms. The first-order chi connectivity index (χ1) is 7.97. The lowest BCUT2D eigenvalue weighted by atomic mass is 10.1. The predicted molar refractivity (Wildman–Crippen MR) is 61.3 cm³/mol. The molecule has 5 heteroatoms. The minimum atomic E-state index is -0.600. The van der Waals surface area contributed by atoms with Crippen LogP contribution in [-0.4, -0.2) is 40.2 Å². The number of aromatic hydroxyl groups is 1. The summed E-state index contributed by atoms with van der Waals surface area (Å²) in [4.78, 5) is 13.5. The molecule has 0 unspecified atom stereocenters. The van der Waals surface area contributed by atoms with Gasteiger partial charge in [-0.25, -0.2) is 4.39 Å². The molecule has 1 aromatic rings. The quantitative estimate of drug-likeness (QED) is 0.837. The summed E-state index contributed by atoms with van der Waals surface area (Å²) in [7, 11) is 0. The second kappa shape index (κ2) is 5.63. The van der Waals surface area contributed by atoms with Crippen molar-refractivity contribution < 1.29 is 19.4 Å². The summed E-state index contributed by atoms with van der Waals surface area (Å²) >= 11 is 0. The van der Waals surface area contributed by atoms with Gasteiger partial charge in [-0.05, 0) is 26.0 Å². The Hall–Kier alpha value is -1.62. The lowest BCUT2D eigenvalue weighted by molar-refractivity contribution is 0.0662. The maximum atomic E-state index is 12.8. The summed E-state index contributed by atoms with van der Waals surface area (Å²) in [6.45, 7) is 3.61. The molecular formula is C12H16FNO3. The van der Waals surface area contributed by atoms with E-state index in [-0.39, 0.29) is 24.8 Å². The summed E-state index contributed by atoms with van der Waals surface area (Å²) in [5.41, 5.74) is 0.0357. The molecule has 4 nitrogen and oxygen atoms in total. The highest BCUT2D eigenvalue weighted by molar-refractivity contribution is 5.97. The minimum Gasteiger partial charge on any atom is -0.507 e. The number of amides is 1. The Morgan fingerprint density at radius 1 is 1.47 bits per heavy atom. The molecule has 2 N–H and O–H groups in total. The summed E-state index contributed by atoms with van der Waals surface area (Å²) in [5.74, 6) is -1.41. The molecular weight excluding hydrogens is 225 g/mol. The minimum absolute atomic E-state index is 0.0357. The Bertz CT molecular complexity index is 407. The smallest absolute Gasteiger partial charge is 0.257 e. The number of benzene rings is 1. The average Bonchev–Trinajstić information content (AvgIpc) is 2.24. The van der Waals surface area contributed by atoms with Gasteiger partial charge in [-0.15, -0.1) is 0 Å². The van der Waals surface area contributed by atoms with Gasteiger partial charge in [0.25, 0.3) is 5.91 Å². The number of nitrogens with zero attached hydrogens (tertiary/aromatic N) is 1. The number of aliphatic hydroxyl groups is 1. The van der Waals surface area contributed by atoms with Crippen molar-refractivity contribution >= 4 is 5.91 Å². The zero-order chi connectivity index (χ0) is 13.0. The molecule has 94 valence electrons. The van der Waals surface area contributed by atoms with Gasteiger partial charge in [0.15, 0.2) is 0 Å². The maximum absolute atomic E-state index is 12.8. The molecule has 0 heterocycles. The topological polar surface area (TPSA) is 60.8 Å². The van der Waals surface area contributed by atoms with Crippen molar-refractivity contribution in [2.45, 2.75) is 19.9 Å². The fraction of sp³-hybridized carbons (Fsp3) is 0.417. The van der Waals surface area contributed by atoms with E-state index in [1.165, 1.54) is 11.0 Å². The van der Waals surface area contributed by atoms with E-state index in [1.807, 2.05) is 0 Å². The van der Waals surface area contributed by atoms with Crippen molar-refractivity contribution in [1.82, 2.24) is 4.90 Å². The Morgan fingerprint density at radius 2 is 2.12 bits per heavy atom. The van der Waals surface area contributed by atoms with Gasteiger partial charge in [-0.2, -0.15) is 0 Å². The van der Waals surface area contributed by atoms with E-state index >= 15 is 0 Å². The van der Waals surface area contributed by atoms with Gasteiger partial charge in [-0.3, -0.25) is 4.79 Å². The lowest BCUT2D eigenvalue weighted by Gasteiger charge is -2.26. The van der Waals surface area contributed by atoms with Crippen LogP contribution in [0.1, 0.15) is 24.2 Å².